The van der Waals surface area contributed by atoms with Gasteiger partial charge in [-0.25, -0.2) is 0 Å². The molecule has 0 saturated carbocycles. The molecule has 0 unspecified atom stereocenters. The van der Waals surface area contributed by atoms with Crippen molar-refractivity contribution in [1.82, 2.24) is 5.32 Å². The van der Waals surface area contributed by atoms with Crippen LogP contribution in [0.15, 0.2) is 16.6 Å². The zero-order chi connectivity index (χ0) is 12.8. The second kappa shape index (κ2) is 7.09. The number of amides is 1. The van der Waals surface area contributed by atoms with Gasteiger partial charge >= 0.3 is 0 Å². The molecule has 0 spiro atoms. The van der Waals surface area contributed by atoms with Gasteiger partial charge in [0.15, 0.2) is 0 Å². The molecule has 0 bridgehead atoms. The highest BCUT2D eigenvalue weighted by atomic mass is 79.9. The monoisotopic (exact) mass is 338 g/mol. The van der Waals surface area contributed by atoms with Gasteiger partial charge < -0.3 is 10.6 Å². The summed E-state index contributed by atoms with van der Waals surface area (Å²) in [7, 11) is 0. The maximum atomic E-state index is 11.4. The van der Waals surface area contributed by atoms with Crippen LogP contribution in [0.1, 0.15) is 13.3 Å². The van der Waals surface area contributed by atoms with Crippen molar-refractivity contribution in [3.63, 3.8) is 0 Å². The summed E-state index contributed by atoms with van der Waals surface area (Å²) in [6, 6.07) is 3.55. The van der Waals surface area contributed by atoms with Gasteiger partial charge in [-0.2, -0.15) is 0 Å². The molecule has 0 radical (unpaired) electrons. The van der Waals surface area contributed by atoms with Crippen LogP contribution in [-0.4, -0.2) is 19.0 Å². The Morgan fingerprint density at radius 3 is 2.71 bits per heavy atom. The van der Waals surface area contributed by atoms with E-state index in [0.717, 1.165) is 10.9 Å². The third kappa shape index (κ3) is 4.37. The van der Waals surface area contributed by atoms with Crippen molar-refractivity contribution in [3.8, 4) is 0 Å². The first kappa shape index (κ1) is 14.6. The van der Waals surface area contributed by atoms with E-state index in [4.69, 9.17) is 23.2 Å². The highest BCUT2D eigenvalue weighted by Gasteiger charge is 2.09. The van der Waals surface area contributed by atoms with E-state index in [-0.39, 0.29) is 12.5 Å². The lowest BCUT2D eigenvalue weighted by Crippen LogP contribution is -2.30. The van der Waals surface area contributed by atoms with E-state index in [1.165, 1.54) is 0 Å². The first-order valence-electron chi connectivity index (χ1n) is 5.20. The van der Waals surface area contributed by atoms with Gasteiger partial charge in [0.25, 0.3) is 0 Å². The van der Waals surface area contributed by atoms with E-state index >= 15 is 0 Å². The van der Waals surface area contributed by atoms with Gasteiger partial charge in [-0.15, -0.1) is 0 Å². The topological polar surface area (TPSA) is 41.1 Å². The SMILES string of the molecule is CCCNC(=O)CNc1ccc(Br)c(Cl)c1Cl. The molecule has 2 N–H and O–H groups in total. The summed E-state index contributed by atoms with van der Waals surface area (Å²) in [6.07, 6.45) is 0.913. The average Bonchev–Trinajstić information content (AvgIpc) is 2.32. The molecule has 0 aliphatic carbocycles. The second-order valence-corrected chi connectivity index (χ2v) is 5.04. The Morgan fingerprint density at radius 1 is 1.35 bits per heavy atom. The zero-order valence-corrected chi connectivity index (χ0v) is 12.4. The highest BCUT2D eigenvalue weighted by molar-refractivity contribution is 9.10. The summed E-state index contributed by atoms with van der Waals surface area (Å²) in [4.78, 5) is 11.4. The molecule has 0 heterocycles. The molecule has 1 amide bonds. The van der Waals surface area contributed by atoms with Crippen molar-refractivity contribution in [2.75, 3.05) is 18.4 Å². The number of nitrogens with one attached hydrogen (secondary N) is 2. The standard InChI is InChI=1S/C11H13BrCl2N2O/c1-2-5-15-9(17)6-16-8-4-3-7(12)10(13)11(8)14/h3-4,16H,2,5-6H2,1H3,(H,15,17). The van der Waals surface area contributed by atoms with Crippen molar-refractivity contribution in [3.05, 3.63) is 26.7 Å². The minimum Gasteiger partial charge on any atom is -0.375 e. The van der Waals surface area contributed by atoms with E-state index in [2.05, 4.69) is 26.6 Å². The Kier molecular flexibility index (Phi) is 6.09. The quantitative estimate of drug-likeness (QED) is 0.803. The lowest BCUT2D eigenvalue weighted by atomic mass is 10.3. The molecule has 1 aromatic rings. The third-order valence-corrected chi connectivity index (χ3v) is 3.82. The largest absolute Gasteiger partial charge is 0.375 e. The predicted molar refractivity (Wildman–Crippen MR) is 76.0 cm³/mol. The molecule has 1 aromatic carbocycles. The Labute approximate surface area is 119 Å². The average molecular weight is 340 g/mol. The van der Waals surface area contributed by atoms with Crippen LogP contribution in [0.4, 0.5) is 5.69 Å². The van der Waals surface area contributed by atoms with Crippen LogP contribution in [-0.2, 0) is 4.79 Å². The molecule has 0 aliphatic heterocycles. The van der Waals surface area contributed by atoms with E-state index in [1.807, 2.05) is 6.92 Å². The summed E-state index contributed by atoms with van der Waals surface area (Å²) < 4.78 is 0.727. The minimum atomic E-state index is -0.0676. The van der Waals surface area contributed by atoms with Gasteiger partial charge in [0.2, 0.25) is 5.91 Å². The van der Waals surface area contributed by atoms with Gasteiger partial charge in [0, 0.05) is 11.0 Å². The molecule has 0 saturated heterocycles. The van der Waals surface area contributed by atoms with Crippen LogP contribution in [0.3, 0.4) is 0 Å². The van der Waals surface area contributed by atoms with Gasteiger partial charge in [0.05, 0.1) is 22.3 Å². The molecule has 0 fully saturated rings. The van der Waals surface area contributed by atoms with Crippen molar-refractivity contribution < 1.29 is 4.79 Å². The fourth-order valence-corrected chi connectivity index (χ4v) is 2.01. The number of carbonyl (C=O) groups excluding carboxylic acids is 1. The molecule has 3 nitrogen and oxygen atoms in total. The number of anilines is 1. The Morgan fingerprint density at radius 2 is 2.06 bits per heavy atom. The van der Waals surface area contributed by atoms with Gasteiger partial charge in [0.1, 0.15) is 0 Å². The summed E-state index contributed by atoms with van der Waals surface area (Å²) in [6.45, 7) is 2.85. The van der Waals surface area contributed by atoms with Crippen LogP contribution in [0, 0.1) is 0 Å². The Balaban J connectivity index is 2.58. The van der Waals surface area contributed by atoms with Crippen LogP contribution >= 0.6 is 39.1 Å². The number of hydrogen-bond acceptors (Lipinski definition) is 2. The maximum absolute atomic E-state index is 11.4. The molecule has 1 rings (SSSR count). The lowest BCUT2D eigenvalue weighted by molar-refractivity contribution is -0.119. The van der Waals surface area contributed by atoms with Crippen LogP contribution < -0.4 is 10.6 Å². The summed E-state index contributed by atoms with van der Waals surface area (Å²) >= 11 is 15.3. The Bertz CT molecular complexity index is 413. The van der Waals surface area contributed by atoms with Crippen LogP contribution in [0.2, 0.25) is 10.0 Å². The summed E-state index contributed by atoms with van der Waals surface area (Å²) in [5.74, 6) is -0.0676. The fraction of sp³-hybridized carbons (Fsp3) is 0.364. The Hall–Kier alpha value is -0.450. The number of rotatable bonds is 5. The smallest absolute Gasteiger partial charge is 0.239 e. The van der Waals surface area contributed by atoms with Gasteiger partial charge in [-0.1, -0.05) is 30.1 Å². The molecular weight excluding hydrogens is 327 g/mol. The van der Waals surface area contributed by atoms with E-state index in [0.29, 0.717) is 22.3 Å². The number of hydrogen-bond donors (Lipinski definition) is 2. The third-order valence-electron chi connectivity index (χ3n) is 2.05. The molecule has 0 atom stereocenters. The predicted octanol–water partition coefficient (Wildman–Crippen LogP) is 3.69. The molecular formula is C11H13BrCl2N2O. The van der Waals surface area contributed by atoms with E-state index in [9.17, 15) is 4.79 Å². The molecule has 94 valence electrons. The molecule has 0 aromatic heterocycles. The van der Waals surface area contributed by atoms with Crippen molar-refractivity contribution in [1.29, 1.82) is 0 Å². The zero-order valence-electron chi connectivity index (χ0n) is 9.32. The van der Waals surface area contributed by atoms with Crippen LogP contribution in [0.5, 0.6) is 0 Å². The fourth-order valence-electron chi connectivity index (χ4n) is 1.16. The summed E-state index contributed by atoms with van der Waals surface area (Å²) in [5, 5.41) is 6.54. The van der Waals surface area contributed by atoms with E-state index in [1.54, 1.807) is 12.1 Å². The first-order chi connectivity index (χ1) is 8.06. The molecule has 0 aliphatic rings. The minimum absolute atomic E-state index is 0.0676. The van der Waals surface area contributed by atoms with Crippen molar-refractivity contribution in [2.45, 2.75) is 13.3 Å². The maximum Gasteiger partial charge on any atom is 0.239 e. The first-order valence-corrected chi connectivity index (χ1v) is 6.75. The number of benzene rings is 1. The normalized spacial score (nSPS) is 10.1. The highest BCUT2D eigenvalue weighted by Crippen LogP contribution is 2.35. The lowest BCUT2D eigenvalue weighted by Gasteiger charge is -2.10. The van der Waals surface area contributed by atoms with Crippen LogP contribution in [0.25, 0.3) is 0 Å². The summed E-state index contributed by atoms with van der Waals surface area (Å²) in [5.41, 5.74) is 0.645. The number of carbonyl (C=O) groups is 1. The molecule has 17 heavy (non-hydrogen) atoms. The van der Waals surface area contributed by atoms with Crippen molar-refractivity contribution >= 4 is 50.7 Å². The van der Waals surface area contributed by atoms with Gasteiger partial charge in [-0.3, -0.25) is 4.79 Å². The van der Waals surface area contributed by atoms with Crippen molar-refractivity contribution in [2.24, 2.45) is 0 Å². The van der Waals surface area contributed by atoms with Gasteiger partial charge in [-0.05, 0) is 34.5 Å². The number of halogens is 3. The van der Waals surface area contributed by atoms with E-state index < -0.39 is 0 Å². The molecule has 6 heteroatoms. The second-order valence-electron chi connectivity index (χ2n) is 3.43.